The van der Waals surface area contributed by atoms with Gasteiger partial charge < -0.3 is 9.15 Å². The van der Waals surface area contributed by atoms with Crippen LogP contribution in [0.2, 0.25) is 0 Å². The molecular weight excluding hydrogens is 228 g/mol. The molecule has 18 heavy (non-hydrogen) atoms. The van der Waals surface area contributed by atoms with Crippen molar-refractivity contribution < 1.29 is 13.9 Å². The van der Waals surface area contributed by atoms with Crippen LogP contribution in [0.1, 0.15) is 24.0 Å². The summed E-state index contributed by atoms with van der Waals surface area (Å²) in [6.07, 6.45) is 3.84. The van der Waals surface area contributed by atoms with Crippen molar-refractivity contribution in [2.75, 3.05) is 0 Å². The molecule has 0 atom stereocenters. The van der Waals surface area contributed by atoms with E-state index in [1.807, 2.05) is 43.3 Å². The summed E-state index contributed by atoms with van der Waals surface area (Å²) < 4.78 is 10.4. The van der Waals surface area contributed by atoms with Crippen LogP contribution in [0.25, 0.3) is 12.2 Å². The highest BCUT2D eigenvalue weighted by molar-refractivity contribution is 5.70. The molecule has 0 aliphatic carbocycles. The fourth-order valence-electron chi connectivity index (χ4n) is 1.53. The van der Waals surface area contributed by atoms with E-state index >= 15 is 0 Å². The van der Waals surface area contributed by atoms with Crippen molar-refractivity contribution in [3.05, 3.63) is 53.5 Å². The van der Waals surface area contributed by atoms with Gasteiger partial charge in [-0.2, -0.15) is 0 Å². The number of aryl methyl sites for hydroxylation is 1. The van der Waals surface area contributed by atoms with Gasteiger partial charge in [0, 0.05) is 6.92 Å². The number of benzene rings is 1. The minimum atomic E-state index is -0.315. The van der Waals surface area contributed by atoms with E-state index < -0.39 is 0 Å². The normalized spacial score (nSPS) is 10.8. The second kappa shape index (κ2) is 5.36. The lowest BCUT2D eigenvalue weighted by Crippen LogP contribution is -2.00. The van der Waals surface area contributed by atoms with Crippen molar-refractivity contribution in [2.24, 2.45) is 0 Å². The standard InChI is InChI=1S/C15H14O3/c1-11-3-7-14(17-11)8-4-13-5-9-15(10-6-13)18-12(2)16/h3-10H,1-2H3/b8-4+. The lowest BCUT2D eigenvalue weighted by atomic mass is 10.2. The molecule has 0 saturated carbocycles. The number of ether oxygens (including phenoxy) is 1. The van der Waals surface area contributed by atoms with Crippen molar-refractivity contribution in [1.29, 1.82) is 0 Å². The molecule has 1 heterocycles. The number of furan rings is 1. The van der Waals surface area contributed by atoms with E-state index in [2.05, 4.69) is 0 Å². The summed E-state index contributed by atoms with van der Waals surface area (Å²) in [6, 6.07) is 11.1. The van der Waals surface area contributed by atoms with Crippen molar-refractivity contribution in [3.63, 3.8) is 0 Å². The predicted molar refractivity (Wildman–Crippen MR) is 70.1 cm³/mol. The molecule has 0 amide bonds. The summed E-state index contributed by atoms with van der Waals surface area (Å²) in [7, 11) is 0. The molecule has 0 N–H and O–H groups in total. The number of carbonyl (C=O) groups excluding carboxylic acids is 1. The van der Waals surface area contributed by atoms with Crippen LogP contribution in [0.3, 0.4) is 0 Å². The zero-order valence-electron chi connectivity index (χ0n) is 10.3. The first-order valence-electron chi connectivity index (χ1n) is 5.66. The number of rotatable bonds is 3. The van der Waals surface area contributed by atoms with Crippen LogP contribution in [-0.4, -0.2) is 5.97 Å². The molecule has 0 aliphatic rings. The van der Waals surface area contributed by atoms with Gasteiger partial charge >= 0.3 is 5.97 Å². The highest BCUT2D eigenvalue weighted by Gasteiger charge is 1.97. The lowest BCUT2D eigenvalue weighted by Gasteiger charge is -2.00. The van der Waals surface area contributed by atoms with Gasteiger partial charge in [0.1, 0.15) is 17.3 Å². The average Bonchev–Trinajstić information content (AvgIpc) is 2.74. The van der Waals surface area contributed by atoms with Crippen molar-refractivity contribution in [2.45, 2.75) is 13.8 Å². The summed E-state index contributed by atoms with van der Waals surface area (Å²) in [4.78, 5) is 10.8. The Morgan fingerprint density at radius 1 is 1.11 bits per heavy atom. The first-order chi connectivity index (χ1) is 8.63. The molecule has 0 saturated heterocycles. The highest BCUT2D eigenvalue weighted by atomic mass is 16.5. The van der Waals surface area contributed by atoms with Crippen LogP contribution in [-0.2, 0) is 4.79 Å². The quantitative estimate of drug-likeness (QED) is 0.608. The topological polar surface area (TPSA) is 39.4 Å². The Hall–Kier alpha value is -2.29. The summed E-state index contributed by atoms with van der Waals surface area (Å²) in [6.45, 7) is 3.29. The predicted octanol–water partition coefficient (Wildman–Crippen LogP) is 3.68. The smallest absolute Gasteiger partial charge is 0.308 e. The first kappa shape index (κ1) is 12.2. The molecule has 1 aromatic carbocycles. The Bertz CT molecular complexity index is 562. The monoisotopic (exact) mass is 242 g/mol. The number of hydrogen-bond donors (Lipinski definition) is 0. The number of hydrogen-bond acceptors (Lipinski definition) is 3. The van der Waals surface area contributed by atoms with Crippen molar-refractivity contribution in [3.8, 4) is 5.75 Å². The molecule has 0 spiro atoms. The first-order valence-corrected chi connectivity index (χ1v) is 5.66. The van der Waals surface area contributed by atoms with Gasteiger partial charge in [-0.1, -0.05) is 18.2 Å². The summed E-state index contributed by atoms with van der Waals surface area (Å²) in [5.74, 6) is 1.94. The maximum absolute atomic E-state index is 10.8. The molecule has 0 fully saturated rings. The Morgan fingerprint density at radius 2 is 1.83 bits per heavy atom. The van der Waals surface area contributed by atoms with Crippen molar-refractivity contribution >= 4 is 18.1 Å². The maximum Gasteiger partial charge on any atom is 0.308 e. The van der Waals surface area contributed by atoms with Gasteiger partial charge in [0.15, 0.2) is 0 Å². The zero-order valence-corrected chi connectivity index (χ0v) is 10.3. The van der Waals surface area contributed by atoms with Gasteiger partial charge in [-0.15, -0.1) is 0 Å². The summed E-state index contributed by atoms with van der Waals surface area (Å²) in [5, 5.41) is 0. The Morgan fingerprint density at radius 3 is 2.39 bits per heavy atom. The summed E-state index contributed by atoms with van der Waals surface area (Å²) in [5.41, 5.74) is 1.01. The van der Waals surface area contributed by atoms with Crippen LogP contribution in [0.15, 0.2) is 40.8 Å². The molecule has 0 radical (unpaired) electrons. The van der Waals surface area contributed by atoms with E-state index in [-0.39, 0.29) is 5.97 Å². The minimum Gasteiger partial charge on any atom is -0.462 e. The van der Waals surface area contributed by atoms with Crippen LogP contribution in [0.5, 0.6) is 5.75 Å². The molecule has 1 aromatic heterocycles. The van der Waals surface area contributed by atoms with E-state index in [0.717, 1.165) is 17.1 Å². The molecular formula is C15H14O3. The summed E-state index contributed by atoms with van der Waals surface area (Å²) >= 11 is 0. The fraction of sp³-hybridized carbons (Fsp3) is 0.133. The van der Waals surface area contributed by atoms with Gasteiger partial charge in [0.25, 0.3) is 0 Å². The number of carbonyl (C=O) groups is 1. The van der Waals surface area contributed by atoms with Gasteiger partial charge in [-0.25, -0.2) is 0 Å². The second-order valence-electron chi connectivity index (χ2n) is 3.94. The van der Waals surface area contributed by atoms with E-state index in [1.54, 1.807) is 12.1 Å². The molecule has 0 unspecified atom stereocenters. The average molecular weight is 242 g/mol. The Labute approximate surface area is 106 Å². The third-order valence-corrected chi connectivity index (χ3v) is 2.34. The highest BCUT2D eigenvalue weighted by Crippen LogP contribution is 2.15. The largest absolute Gasteiger partial charge is 0.462 e. The third-order valence-electron chi connectivity index (χ3n) is 2.34. The van der Waals surface area contributed by atoms with Gasteiger partial charge in [-0.05, 0) is 42.8 Å². The van der Waals surface area contributed by atoms with Crippen LogP contribution in [0.4, 0.5) is 0 Å². The van der Waals surface area contributed by atoms with E-state index in [4.69, 9.17) is 9.15 Å². The SMILES string of the molecule is CC(=O)Oc1ccc(/C=C/c2ccc(C)o2)cc1. The van der Waals surface area contributed by atoms with Crippen molar-refractivity contribution in [1.82, 2.24) is 0 Å². The molecule has 0 bridgehead atoms. The maximum atomic E-state index is 10.8. The lowest BCUT2D eigenvalue weighted by molar-refractivity contribution is -0.131. The molecule has 3 heteroatoms. The fourth-order valence-corrected chi connectivity index (χ4v) is 1.53. The van der Waals surface area contributed by atoms with Gasteiger partial charge in [0.2, 0.25) is 0 Å². The third kappa shape index (κ3) is 3.35. The number of esters is 1. The molecule has 2 aromatic rings. The molecule has 2 rings (SSSR count). The van der Waals surface area contributed by atoms with E-state index in [9.17, 15) is 4.79 Å². The minimum absolute atomic E-state index is 0.315. The van der Waals surface area contributed by atoms with E-state index in [0.29, 0.717) is 5.75 Å². The van der Waals surface area contributed by atoms with Gasteiger partial charge in [-0.3, -0.25) is 4.79 Å². The Balaban J connectivity index is 2.06. The molecule has 3 nitrogen and oxygen atoms in total. The van der Waals surface area contributed by atoms with Gasteiger partial charge in [0.05, 0.1) is 0 Å². The Kier molecular flexibility index (Phi) is 3.63. The second-order valence-corrected chi connectivity index (χ2v) is 3.94. The van der Waals surface area contributed by atoms with E-state index in [1.165, 1.54) is 6.92 Å². The zero-order chi connectivity index (χ0) is 13.0. The van der Waals surface area contributed by atoms with Crippen LogP contribution >= 0.6 is 0 Å². The molecule has 0 aliphatic heterocycles. The van der Waals surface area contributed by atoms with Crippen LogP contribution in [0, 0.1) is 6.92 Å². The molecule has 92 valence electrons. The van der Waals surface area contributed by atoms with Crippen LogP contribution < -0.4 is 4.74 Å².